The largest absolute Gasteiger partial charge is 0.497 e. The van der Waals surface area contributed by atoms with E-state index in [0.29, 0.717) is 23.5 Å². The first-order valence-electron chi connectivity index (χ1n) is 8.80. The van der Waals surface area contributed by atoms with Gasteiger partial charge in [0.05, 0.1) is 12.7 Å². The average molecular weight is 375 g/mol. The van der Waals surface area contributed by atoms with Crippen LogP contribution in [0.4, 0.5) is 11.5 Å². The molecule has 6 nitrogen and oxygen atoms in total. The maximum atomic E-state index is 12.3. The lowest BCUT2D eigenvalue weighted by Gasteiger charge is -2.08. The van der Waals surface area contributed by atoms with E-state index >= 15 is 0 Å². The van der Waals surface area contributed by atoms with E-state index in [4.69, 9.17) is 4.74 Å². The maximum absolute atomic E-state index is 12.3. The molecule has 0 radical (unpaired) electrons. The van der Waals surface area contributed by atoms with Crippen molar-refractivity contribution in [3.63, 3.8) is 0 Å². The Labute approximate surface area is 163 Å². The number of carbonyl (C=O) groups is 2. The highest BCUT2D eigenvalue weighted by Gasteiger charge is 2.07. The first kappa shape index (κ1) is 19.1. The summed E-state index contributed by atoms with van der Waals surface area (Å²) in [5, 5.41) is 6.01. The van der Waals surface area contributed by atoms with Gasteiger partial charge in [0.25, 0.3) is 5.91 Å². The molecule has 2 aromatic carbocycles. The van der Waals surface area contributed by atoms with Crippen molar-refractivity contribution >= 4 is 23.2 Å². The third-order valence-corrected chi connectivity index (χ3v) is 4.20. The first-order valence-corrected chi connectivity index (χ1v) is 8.80. The van der Waals surface area contributed by atoms with Crippen LogP contribution in [0.15, 0.2) is 66.9 Å². The Morgan fingerprint density at radius 1 is 0.929 bits per heavy atom. The van der Waals surface area contributed by atoms with E-state index in [2.05, 4.69) is 15.6 Å². The van der Waals surface area contributed by atoms with Gasteiger partial charge in [0, 0.05) is 24.0 Å². The van der Waals surface area contributed by atoms with Crippen molar-refractivity contribution in [2.75, 3.05) is 12.4 Å². The van der Waals surface area contributed by atoms with E-state index in [9.17, 15) is 9.59 Å². The van der Waals surface area contributed by atoms with Gasteiger partial charge in [-0.1, -0.05) is 12.1 Å². The summed E-state index contributed by atoms with van der Waals surface area (Å²) in [6.45, 7) is 1.95. The number of pyridine rings is 1. The second-order valence-electron chi connectivity index (χ2n) is 6.22. The van der Waals surface area contributed by atoms with Crippen molar-refractivity contribution in [1.29, 1.82) is 0 Å². The highest BCUT2D eigenvalue weighted by molar-refractivity contribution is 5.94. The predicted octanol–water partition coefficient (Wildman–Crippen LogP) is 3.97. The van der Waals surface area contributed by atoms with E-state index < -0.39 is 0 Å². The third kappa shape index (κ3) is 4.94. The van der Waals surface area contributed by atoms with E-state index in [0.717, 1.165) is 17.0 Å². The summed E-state index contributed by atoms with van der Waals surface area (Å²) in [5.74, 6) is 1.22. The lowest BCUT2D eigenvalue weighted by atomic mass is 10.1. The molecule has 0 saturated heterocycles. The van der Waals surface area contributed by atoms with Crippen molar-refractivity contribution in [3.8, 4) is 5.75 Å². The Kier molecular flexibility index (Phi) is 6.01. The normalized spacial score (nSPS) is 10.2. The summed E-state index contributed by atoms with van der Waals surface area (Å²) in [7, 11) is 1.61. The van der Waals surface area contributed by atoms with Gasteiger partial charge in [-0.25, -0.2) is 4.98 Å². The molecule has 0 bridgehead atoms. The second kappa shape index (κ2) is 8.81. The number of anilines is 2. The predicted molar refractivity (Wildman–Crippen MR) is 108 cm³/mol. The number of ketones is 1. The number of hydrogen-bond acceptors (Lipinski definition) is 5. The Morgan fingerprint density at radius 3 is 2.18 bits per heavy atom. The van der Waals surface area contributed by atoms with E-state index in [1.165, 1.54) is 13.1 Å². The third-order valence-electron chi connectivity index (χ3n) is 4.20. The van der Waals surface area contributed by atoms with Crippen LogP contribution in [0.25, 0.3) is 0 Å². The lowest BCUT2D eigenvalue weighted by molar-refractivity contribution is 0.0949. The molecule has 1 aromatic heterocycles. The monoisotopic (exact) mass is 375 g/mol. The number of carbonyl (C=O) groups excluding carboxylic acids is 2. The van der Waals surface area contributed by atoms with Gasteiger partial charge in [-0.3, -0.25) is 9.59 Å². The molecule has 0 spiro atoms. The van der Waals surface area contributed by atoms with Crippen LogP contribution in [0.3, 0.4) is 0 Å². The number of nitrogens with one attached hydrogen (secondary N) is 2. The Balaban J connectivity index is 1.56. The van der Waals surface area contributed by atoms with Gasteiger partial charge in [-0.15, -0.1) is 0 Å². The van der Waals surface area contributed by atoms with Crippen molar-refractivity contribution in [3.05, 3.63) is 83.6 Å². The summed E-state index contributed by atoms with van der Waals surface area (Å²) in [6, 6.07) is 18.1. The van der Waals surface area contributed by atoms with Crippen LogP contribution in [-0.2, 0) is 6.54 Å². The minimum absolute atomic E-state index is 0.0229. The molecular weight excluding hydrogens is 354 g/mol. The molecule has 1 heterocycles. The SMILES string of the molecule is COc1ccc(CNC(=O)c2ccc(Nc3ccc(C(C)=O)cc3)nc2)cc1. The fraction of sp³-hybridized carbons (Fsp3) is 0.136. The van der Waals surface area contributed by atoms with Gasteiger partial charge >= 0.3 is 0 Å². The van der Waals surface area contributed by atoms with Gasteiger partial charge in [0.2, 0.25) is 0 Å². The van der Waals surface area contributed by atoms with Gasteiger partial charge < -0.3 is 15.4 Å². The zero-order valence-electron chi connectivity index (χ0n) is 15.7. The first-order chi connectivity index (χ1) is 13.5. The molecule has 1 amide bonds. The number of amides is 1. The zero-order valence-corrected chi connectivity index (χ0v) is 15.7. The van der Waals surface area contributed by atoms with Gasteiger partial charge in [-0.05, 0) is 61.0 Å². The van der Waals surface area contributed by atoms with E-state index in [1.807, 2.05) is 36.4 Å². The van der Waals surface area contributed by atoms with E-state index in [1.54, 1.807) is 31.4 Å². The molecule has 6 heteroatoms. The smallest absolute Gasteiger partial charge is 0.253 e. The quantitative estimate of drug-likeness (QED) is 0.611. The fourth-order valence-electron chi connectivity index (χ4n) is 2.57. The van der Waals surface area contributed by atoms with Crippen molar-refractivity contribution in [1.82, 2.24) is 10.3 Å². The second-order valence-corrected chi connectivity index (χ2v) is 6.22. The molecule has 0 aliphatic carbocycles. The van der Waals surface area contributed by atoms with Crippen molar-refractivity contribution in [2.24, 2.45) is 0 Å². The van der Waals surface area contributed by atoms with Gasteiger partial charge in [0.15, 0.2) is 5.78 Å². The number of aromatic nitrogens is 1. The number of Topliss-reactive ketones (excluding diaryl/α,β-unsaturated/α-hetero) is 1. The number of hydrogen-bond donors (Lipinski definition) is 2. The topological polar surface area (TPSA) is 80.3 Å². The van der Waals surface area contributed by atoms with Crippen LogP contribution >= 0.6 is 0 Å². The van der Waals surface area contributed by atoms with Crippen LogP contribution in [-0.4, -0.2) is 23.8 Å². The zero-order chi connectivity index (χ0) is 19.9. The highest BCUT2D eigenvalue weighted by atomic mass is 16.5. The minimum atomic E-state index is -0.194. The summed E-state index contributed by atoms with van der Waals surface area (Å²) in [4.78, 5) is 27.9. The standard InChI is InChI=1S/C22H21N3O3/c1-15(26)17-5-8-19(9-6-17)25-21-12-7-18(14-23-21)22(27)24-13-16-3-10-20(28-2)11-4-16/h3-12,14H,13H2,1-2H3,(H,23,25)(H,24,27). The molecule has 0 aliphatic heterocycles. The van der Waals surface area contributed by atoms with Crippen LogP contribution in [0.5, 0.6) is 5.75 Å². The van der Waals surface area contributed by atoms with Crippen LogP contribution in [0.2, 0.25) is 0 Å². The number of nitrogens with zero attached hydrogens (tertiary/aromatic N) is 1. The number of benzene rings is 2. The molecular formula is C22H21N3O3. The summed E-state index contributed by atoms with van der Waals surface area (Å²) in [6.07, 6.45) is 1.52. The highest BCUT2D eigenvalue weighted by Crippen LogP contribution is 2.16. The van der Waals surface area contributed by atoms with Crippen LogP contribution < -0.4 is 15.4 Å². The molecule has 0 atom stereocenters. The van der Waals surface area contributed by atoms with E-state index in [-0.39, 0.29) is 11.7 Å². The molecule has 3 rings (SSSR count). The molecule has 0 saturated carbocycles. The summed E-state index contributed by atoms with van der Waals surface area (Å²) >= 11 is 0. The van der Waals surface area contributed by atoms with Gasteiger partial charge in [0.1, 0.15) is 11.6 Å². The molecule has 3 aromatic rings. The molecule has 142 valence electrons. The van der Waals surface area contributed by atoms with Crippen LogP contribution in [0.1, 0.15) is 33.2 Å². The number of methoxy groups -OCH3 is 1. The molecule has 0 aliphatic rings. The van der Waals surface area contributed by atoms with Crippen molar-refractivity contribution < 1.29 is 14.3 Å². The lowest BCUT2D eigenvalue weighted by Crippen LogP contribution is -2.22. The summed E-state index contributed by atoms with van der Waals surface area (Å²) < 4.78 is 5.12. The Bertz CT molecular complexity index is 950. The van der Waals surface area contributed by atoms with Crippen molar-refractivity contribution in [2.45, 2.75) is 13.5 Å². The summed E-state index contributed by atoms with van der Waals surface area (Å²) in [5.41, 5.74) is 2.93. The Morgan fingerprint density at radius 2 is 1.61 bits per heavy atom. The fourth-order valence-corrected chi connectivity index (χ4v) is 2.57. The molecule has 0 fully saturated rings. The Hall–Kier alpha value is -3.67. The average Bonchev–Trinajstić information content (AvgIpc) is 2.73. The number of rotatable bonds is 7. The molecule has 28 heavy (non-hydrogen) atoms. The maximum Gasteiger partial charge on any atom is 0.253 e. The number of ether oxygens (including phenoxy) is 1. The molecule has 0 unspecified atom stereocenters. The minimum Gasteiger partial charge on any atom is -0.497 e. The molecule has 2 N–H and O–H groups in total. The van der Waals surface area contributed by atoms with Gasteiger partial charge in [-0.2, -0.15) is 0 Å². The van der Waals surface area contributed by atoms with Crippen LogP contribution in [0, 0.1) is 0 Å².